The minimum Gasteiger partial charge on any atom is -0.478 e. The van der Waals surface area contributed by atoms with E-state index in [0.717, 1.165) is 18.8 Å². The average Bonchev–Trinajstić information content (AvgIpc) is 2.47. The molecule has 20 heavy (non-hydrogen) atoms. The number of benzene rings is 1. The van der Waals surface area contributed by atoms with Crippen molar-refractivity contribution in [3.63, 3.8) is 0 Å². The predicted molar refractivity (Wildman–Crippen MR) is 82.9 cm³/mol. The number of hydrogen-bond acceptors (Lipinski definition) is 2. The summed E-state index contributed by atoms with van der Waals surface area (Å²) in [4.78, 5) is 13.2. The molecule has 0 amide bonds. The third kappa shape index (κ3) is 2.93. The Morgan fingerprint density at radius 1 is 1.30 bits per heavy atom. The summed E-state index contributed by atoms with van der Waals surface area (Å²) in [5, 5.41) is 9.50. The number of nitrogens with zero attached hydrogens (tertiary/aromatic N) is 1. The monoisotopic (exact) mass is 295 g/mol. The minimum absolute atomic E-state index is 0.243. The molecule has 2 rings (SSSR count). The van der Waals surface area contributed by atoms with Gasteiger partial charge in [0, 0.05) is 13.1 Å². The lowest BCUT2D eigenvalue weighted by Crippen LogP contribution is -2.39. The molecule has 1 saturated heterocycles. The lowest BCUT2D eigenvalue weighted by atomic mass is 9.74. The molecule has 1 N–H and O–H groups in total. The zero-order valence-corrected chi connectivity index (χ0v) is 12.9. The Morgan fingerprint density at radius 3 is 2.35 bits per heavy atom. The van der Waals surface area contributed by atoms with Crippen molar-refractivity contribution in [2.24, 2.45) is 5.41 Å². The summed E-state index contributed by atoms with van der Waals surface area (Å²) >= 11 is 6.24. The van der Waals surface area contributed by atoms with E-state index in [1.54, 1.807) is 12.1 Å². The van der Waals surface area contributed by atoms with Crippen LogP contribution in [0.3, 0.4) is 0 Å². The Morgan fingerprint density at radius 2 is 1.90 bits per heavy atom. The third-order valence-electron chi connectivity index (χ3n) is 4.86. The van der Waals surface area contributed by atoms with Crippen molar-refractivity contribution in [2.45, 2.75) is 39.5 Å². The Kier molecular flexibility index (Phi) is 4.59. The van der Waals surface area contributed by atoms with Gasteiger partial charge in [0.15, 0.2) is 0 Å². The van der Waals surface area contributed by atoms with Gasteiger partial charge in [-0.1, -0.05) is 38.3 Å². The summed E-state index contributed by atoms with van der Waals surface area (Å²) in [5.41, 5.74) is 1.67. The van der Waals surface area contributed by atoms with Crippen LogP contribution in [-0.2, 0) is 0 Å². The van der Waals surface area contributed by atoms with E-state index >= 15 is 0 Å². The molecule has 1 aliphatic heterocycles. The van der Waals surface area contributed by atoms with Gasteiger partial charge in [0.05, 0.1) is 16.3 Å². The van der Waals surface area contributed by atoms with Gasteiger partial charge in [-0.25, -0.2) is 4.79 Å². The largest absolute Gasteiger partial charge is 0.478 e. The number of carboxylic acids is 1. The molecule has 110 valence electrons. The van der Waals surface area contributed by atoms with Crippen molar-refractivity contribution in [3.05, 3.63) is 28.8 Å². The number of anilines is 1. The van der Waals surface area contributed by atoms with Crippen LogP contribution in [0.4, 0.5) is 5.69 Å². The van der Waals surface area contributed by atoms with E-state index in [4.69, 9.17) is 16.7 Å². The number of aromatic carboxylic acids is 1. The molecule has 1 aromatic rings. The topological polar surface area (TPSA) is 40.5 Å². The van der Waals surface area contributed by atoms with Crippen LogP contribution in [0.25, 0.3) is 0 Å². The molecule has 0 bridgehead atoms. The fourth-order valence-electron chi connectivity index (χ4n) is 3.08. The predicted octanol–water partition coefficient (Wildman–Crippen LogP) is 4.44. The van der Waals surface area contributed by atoms with Crippen LogP contribution in [0.15, 0.2) is 18.2 Å². The van der Waals surface area contributed by atoms with E-state index in [9.17, 15) is 4.79 Å². The van der Waals surface area contributed by atoms with Gasteiger partial charge >= 0.3 is 5.97 Å². The summed E-state index contributed by atoms with van der Waals surface area (Å²) in [7, 11) is 0. The number of rotatable bonds is 4. The zero-order valence-electron chi connectivity index (χ0n) is 12.2. The normalized spacial score (nSPS) is 18.1. The Bertz CT molecular complexity index is 487. The number of hydrogen-bond donors (Lipinski definition) is 1. The van der Waals surface area contributed by atoms with Crippen LogP contribution >= 0.6 is 11.6 Å². The summed E-state index contributed by atoms with van der Waals surface area (Å²) in [6, 6.07) is 5.00. The number of piperidine rings is 1. The van der Waals surface area contributed by atoms with Crippen LogP contribution in [0, 0.1) is 5.41 Å². The molecule has 0 aliphatic carbocycles. The fraction of sp³-hybridized carbons (Fsp3) is 0.562. The minimum atomic E-state index is -0.937. The molecule has 1 aromatic carbocycles. The van der Waals surface area contributed by atoms with Crippen LogP contribution in [0.2, 0.25) is 5.02 Å². The van der Waals surface area contributed by atoms with Gasteiger partial charge < -0.3 is 10.0 Å². The van der Waals surface area contributed by atoms with E-state index in [2.05, 4.69) is 18.7 Å². The van der Waals surface area contributed by atoms with Crippen molar-refractivity contribution >= 4 is 23.3 Å². The van der Waals surface area contributed by atoms with Gasteiger partial charge in [0.1, 0.15) is 0 Å². The fourth-order valence-corrected chi connectivity index (χ4v) is 3.38. The van der Waals surface area contributed by atoms with Gasteiger partial charge in [-0.2, -0.15) is 0 Å². The molecular formula is C16H22ClNO2. The molecule has 0 saturated carbocycles. The zero-order chi connectivity index (χ0) is 14.8. The standard InChI is InChI=1S/C16H22ClNO2/c1-3-16(4-2)7-9-18(10-8-16)14-6-5-12(15(19)20)11-13(14)17/h5-6,11H,3-4,7-10H2,1-2H3,(H,19,20). The summed E-state index contributed by atoms with van der Waals surface area (Å²) in [6.45, 7) is 6.53. The molecule has 3 nitrogen and oxygen atoms in total. The lowest BCUT2D eigenvalue weighted by Gasteiger charge is -2.42. The highest BCUT2D eigenvalue weighted by Gasteiger charge is 2.31. The van der Waals surface area contributed by atoms with E-state index in [0.29, 0.717) is 10.4 Å². The molecule has 1 aliphatic rings. The maximum Gasteiger partial charge on any atom is 0.335 e. The third-order valence-corrected chi connectivity index (χ3v) is 5.16. The van der Waals surface area contributed by atoms with Crippen LogP contribution in [-0.4, -0.2) is 24.2 Å². The first-order valence-corrected chi connectivity index (χ1v) is 7.67. The van der Waals surface area contributed by atoms with Crippen molar-refractivity contribution in [2.75, 3.05) is 18.0 Å². The SMILES string of the molecule is CCC1(CC)CCN(c2ccc(C(=O)O)cc2Cl)CC1. The first-order chi connectivity index (χ1) is 9.51. The molecule has 0 radical (unpaired) electrons. The Labute approximate surface area is 125 Å². The smallest absolute Gasteiger partial charge is 0.335 e. The second-order valence-corrected chi connectivity index (χ2v) is 6.07. The first kappa shape index (κ1) is 15.2. The van der Waals surface area contributed by atoms with Crippen molar-refractivity contribution in [3.8, 4) is 0 Å². The second-order valence-electron chi connectivity index (χ2n) is 5.67. The quantitative estimate of drug-likeness (QED) is 0.892. The van der Waals surface area contributed by atoms with Crippen LogP contribution in [0.5, 0.6) is 0 Å². The molecular weight excluding hydrogens is 274 g/mol. The molecule has 4 heteroatoms. The van der Waals surface area contributed by atoms with E-state index in [1.807, 2.05) is 6.07 Å². The summed E-state index contributed by atoms with van der Waals surface area (Å²) in [5.74, 6) is -0.937. The van der Waals surface area contributed by atoms with Crippen molar-refractivity contribution < 1.29 is 9.90 Å². The lowest BCUT2D eigenvalue weighted by molar-refractivity contribution is 0.0697. The second kappa shape index (κ2) is 6.04. The number of carboxylic acid groups (broad SMARTS) is 1. The number of carbonyl (C=O) groups is 1. The molecule has 0 atom stereocenters. The summed E-state index contributed by atoms with van der Waals surface area (Å²) < 4.78 is 0. The summed E-state index contributed by atoms with van der Waals surface area (Å²) in [6.07, 6.45) is 4.81. The van der Waals surface area contributed by atoms with Gasteiger partial charge in [-0.3, -0.25) is 0 Å². The van der Waals surface area contributed by atoms with E-state index < -0.39 is 5.97 Å². The van der Waals surface area contributed by atoms with Gasteiger partial charge in [0.25, 0.3) is 0 Å². The molecule has 0 aromatic heterocycles. The molecule has 0 unspecified atom stereocenters. The molecule has 0 spiro atoms. The average molecular weight is 296 g/mol. The maximum atomic E-state index is 10.9. The van der Waals surface area contributed by atoms with Crippen LogP contribution < -0.4 is 4.90 Å². The van der Waals surface area contributed by atoms with Crippen LogP contribution in [0.1, 0.15) is 49.9 Å². The van der Waals surface area contributed by atoms with Crippen molar-refractivity contribution in [1.82, 2.24) is 0 Å². The van der Waals surface area contributed by atoms with E-state index in [1.165, 1.54) is 25.7 Å². The van der Waals surface area contributed by atoms with Crippen molar-refractivity contribution in [1.29, 1.82) is 0 Å². The maximum absolute atomic E-state index is 10.9. The number of halogens is 1. The molecule has 1 fully saturated rings. The van der Waals surface area contributed by atoms with E-state index in [-0.39, 0.29) is 5.56 Å². The highest BCUT2D eigenvalue weighted by atomic mass is 35.5. The first-order valence-electron chi connectivity index (χ1n) is 7.29. The highest BCUT2D eigenvalue weighted by molar-refractivity contribution is 6.33. The van der Waals surface area contributed by atoms with Gasteiger partial charge in [-0.15, -0.1) is 0 Å². The van der Waals surface area contributed by atoms with Gasteiger partial charge in [0.2, 0.25) is 0 Å². The molecule has 1 heterocycles. The van der Waals surface area contributed by atoms with Gasteiger partial charge in [-0.05, 0) is 36.5 Å². The highest BCUT2D eigenvalue weighted by Crippen LogP contribution is 2.40. The Hall–Kier alpha value is -1.22. The Balaban J connectivity index is 2.13.